The van der Waals surface area contributed by atoms with Gasteiger partial charge >= 0.3 is 0 Å². The summed E-state index contributed by atoms with van der Waals surface area (Å²) in [4.78, 5) is 25.6. The van der Waals surface area contributed by atoms with E-state index in [0.29, 0.717) is 12.8 Å². The van der Waals surface area contributed by atoms with Crippen LogP contribution in [0.4, 0.5) is 0 Å². The predicted octanol–water partition coefficient (Wildman–Crippen LogP) is 2.43. The lowest BCUT2D eigenvalue weighted by atomic mass is 9.99. The van der Waals surface area contributed by atoms with Crippen LogP contribution in [0.5, 0.6) is 0 Å². The quantitative estimate of drug-likeness (QED) is 0.818. The van der Waals surface area contributed by atoms with Gasteiger partial charge in [-0.3, -0.25) is 9.59 Å². The molecule has 1 aliphatic rings. The summed E-state index contributed by atoms with van der Waals surface area (Å²) in [5, 5.41) is 0. The number of hydrogen-bond donors (Lipinski definition) is 0. The lowest BCUT2D eigenvalue weighted by molar-refractivity contribution is -0.134. The monoisotopic (exact) mass is 259 g/mol. The molecule has 19 heavy (non-hydrogen) atoms. The molecule has 0 bridgehead atoms. The second kappa shape index (κ2) is 4.80. The Morgan fingerprint density at radius 1 is 1.32 bits per heavy atom. The van der Waals surface area contributed by atoms with Gasteiger partial charge in [-0.05, 0) is 38.8 Å². The average Bonchev–Trinajstić information content (AvgIpc) is 2.56. The van der Waals surface area contributed by atoms with Crippen molar-refractivity contribution >= 4 is 11.7 Å². The van der Waals surface area contributed by atoms with Gasteiger partial charge in [-0.25, -0.2) is 0 Å². The second-order valence-electron chi connectivity index (χ2n) is 6.11. The Morgan fingerprint density at radius 3 is 2.53 bits per heavy atom. The van der Waals surface area contributed by atoms with E-state index in [-0.39, 0.29) is 23.8 Å². The Morgan fingerprint density at radius 2 is 2.00 bits per heavy atom. The summed E-state index contributed by atoms with van der Waals surface area (Å²) < 4.78 is 0. The molecule has 3 heteroatoms. The number of aryl methyl sites for hydroxylation is 2. The van der Waals surface area contributed by atoms with Crippen LogP contribution in [0.25, 0.3) is 0 Å². The minimum atomic E-state index is -0.341. The maximum absolute atomic E-state index is 12.4. The number of hydrogen-bond acceptors (Lipinski definition) is 2. The first kappa shape index (κ1) is 13.8. The van der Waals surface area contributed by atoms with E-state index in [9.17, 15) is 9.59 Å². The fourth-order valence-electron chi connectivity index (χ4n) is 2.75. The number of Topliss-reactive ketones (excluding diaryl/α,β-unsaturated/α-hetero) is 1. The SMILES string of the molecule is Cc1ccc(CC(=O)N2CC(=O)CC2(C)C)c(C)c1. The number of carbonyl (C=O) groups excluding carboxylic acids is 2. The van der Waals surface area contributed by atoms with Crippen LogP contribution in [0.15, 0.2) is 18.2 Å². The number of benzene rings is 1. The highest BCUT2D eigenvalue weighted by Crippen LogP contribution is 2.27. The summed E-state index contributed by atoms with van der Waals surface area (Å²) in [6.07, 6.45) is 0.842. The molecule has 0 aromatic heterocycles. The fraction of sp³-hybridized carbons (Fsp3) is 0.500. The summed E-state index contributed by atoms with van der Waals surface area (Å²) in [5.41, 5.74) is 3.04. The van der Waals surface area contributed by atoms with E-state index in [1.807, 2.05) is 39.8 Å². The van der Waals surface area contributed by atoms with Gasteiger partial charge in [-0.2, -0.15) is 0 Å². The number of likely N-dealkylation sites (tertiary alicyclic amines) is 1. The first-order valence-electron chi connectivity index (χ1n) is 6.68. The molecule has 1 amide bonds. The van der Waals surface area contributed by atoms with E-state index in [1.54, 1.807) is 4.90 Å². The van der Waals surface area contributed by atoms with Gasteiger partial charge in [-0.15, -0.1) is 0 Å². The number of nitrogens with zero attached hydrogens (tertiary/aromatic N) is 1. The number of carbonyl (C=O) groups is 2. The average molecular weight is 259 g/mol. The van der Waals surface area contributed by atoms with E-state index in [2.05, 4.69) is 6.07 Å². The lowest BCUT2D eigenvalue weighted by Gasteiger charge is -2.30. The smallest absolute Gasteiger partial charge is 0.227 e. The Balaban J connectivity index is 2.15. The molecule has 1 saturated heterocycles. The lowest BCUT2D eigenvalue weighted by Crippen LogP contribution is -2.43. The van der Waals surface area contributed by atoms with Crippen LogP contribution in [0.2, 0.25) is 0 Å². The van der Waals surface area contributed by atoms with E-state index in [4.69, 9.17) is 0 Å². The van der Waals surface area contributed by atoms with Crippen molar-refractivity contribution in [2.75, 3.05) is 6.54 Å². The predicted molar refractivity (Wildman–Crippen MR) is 75.0 cm³/mol. The van der Waals surface area contributed by atoms with Crippen LogP contribution in [-0.4, -0.2) is 28.7 Å². The molecule has 1 fully saturated rings. The first-order chi connectivity index (χ1) is 8.79. The molecule has 0 atom stereocenters. The Bertz CT molecular complexity index is 532. The molecule has 102 valence electrons. The highest BCUT2D eigenvalue weighted by atomic mass is 16.2. The van der Waals surface area contributed by atoms with Gasteiger partial charge in [0, 0.05) is 12.0 Å². The van der Waals surface area contributed by atoms with Crippen molar-refractivity contribution in [3.63, 3.8) is 0 Å². The van der Waals surface area contributed by atoms with Gasteiger partial charge in [0.1, 0.15) is 0 Å². The summed E-state index contributed by atoms with van der Waals surface area (Å²) in [6.45, 7) is 8.24. The van der Waals surface area contributed by atoms with Crippen LogP contribution >= 0.6 is 0 Å². The minimum absolute atomic E-state index is 0.0443. The zero-order valence-corrected chi connectivity index (χ0v) is 12.1. The van der Waals surface area contributed by atoms with Crippen molar-refractivity contribution < 1.29 is 9.59 Å². The Hall–Kier alpha value is -1.64. The summed E-state index contributed by atoms with van der Waals surface area (Å²) in [7, 11) is 0. The number of amides is 1. The van der Waals surface area contributed by atoms with Gasteiger partial charge < -0.3 is 4.90 Å². The molecule has 0 aliphatic carbocycles. The zero-order valence-electron chi connectivity index (χ0n) is 12.1. The second-order valence-corrected chi connectivity index (χ2v) is 6.11. The fourth-order valence-corrected chi connectivity index (χ4v) is 2.75. The molecule has 3 nitrogen and oxygen atoms in total. The molecule has 1 aromatic carbocycles. The van der Waals surface area contributed by atoms with Crippen molar-refractivity contribution in [1.82, 2.24) is 4.90 Å². The largest absolute Gasteiger partial charge is 0.330 e. The van der Waals surface area contributed by atoms with Gasteiger partial charge in [0.2, 0.25) is 5.91 Å². The van der Waals surface area contributed by atoms with Crippen molar-refractivity contribution in [1.29, 1.82) is 0 Å². The number of ketones is 1. The molecule has 1 aliphatic heterocycles. The molecule has 1 aromatic rings. The van der Waals surface area contributed by atoms with Crippen molar-refractivity contribution in [2.45, 2.75) is 46.1 Å². The highest BCUT2D eigenvalue weighted by Gasteiger charge is 2.39. The molecule has 0 spiro atoms. The van der Waals surface area contributed by atoms with E-state index >= 15 is 0 Å². The van der Waals surface area contributed by atoms with Crippen molar-refractivity contribution in [2.24, 2.45) is 0 Å². The van der Waals surface area contributed by atoms with E-state index < -0.39 is 0 Å². The van der Waals surface area contributed by atoms with Crippen molar-refractivity contribution in [3.05, 3.63) is 34.9 Å². The van der Waals surface area contributed by atoms with Crippen LogP contribution in [0.3, 0.4) is 0 Å². The van der Waals surface area contributed by atoms with Crippen LogP contribution < -0.4 is 0 Å². The van der Waals surface area contributed by atoms with Crippen LogP contribution in [0.1, 0.15) is 37.0 Å². The summed E-state index contributed by atoms with van der Waals surface area (Å²) >= 11 is 0. The first-order valence-corrected chi connectivity index (χ1v) is 6.68. The molecular weight excluding hydrogens is 238 g/mol. The van der Waals surface area contributed by atoms with Gasteiger partial charge in [0.15, 0.2) is 5.78 Å². The van der Waals surface area contributed by atoms with Crippen LogP contribution in [-0.2, 0) is 16.0 Å². The number of rotatable bonds is 2. The third kappa shape index (κ3) is 2.86. The molecule has 1 heterocycles. The normalized spacial score (nSPS) is 17.9. The molecule has 0 radical (unpaired) electrons. The third-order valence-electron chi connectivity index (χ3n) is 3.84. The Kier molecular flexibility index (Phi) is 3.48. The molecular formula is C16H21NO2. The van der Waals surface area contributed by atoms with Gasteiger partial charge in [0.25, 0.3) is 0 Å². The summed E-state index contributed by atoms with van der Waals surface area (Å²) in [6, 6.07) is 6.12. The van der Waals surface area contributed by atoms with Crippen molar-refractivity contribution in [3.8, 4) is 0 Å². The minimum Gasteiger partial charge on any atom is -0.330 e. The van der Waals surface area contributed by atoms with E-state index in [0.717, 1.165) is 11.1 Å². The topological polar surface area (TPSA) is 37.4 Å². The highest BCUT2D eigenvalue weighted by molar-refractivity contribution is 5.91. The van der Waals surface area contributed by atoms with Gasteiger partial charge in [-0.1, -0.05) is 23.8 Å². The standard InChI is InChI=1S/C16H21NO2/c1-11-5-6-13(12(2)7-11)8-15(19)17-10-14(18)9-16(17,3)4/h5-7H,8-10H2,1-4H3. The zero-order chi connectivity index (χ0) is 14.2. The van der Waals surface area contributed by atoms with E-state index in [1.165, 1.54) is 5.56 Å². The Labute approximate surface area is 114 Å². The molecule has 0 unspecified atom stereocenters. The molecule has 0 saturated carbocycles. The molecule has 0 N–H and O–H groups in total. The maximum Gasteiger partial charge on any atom is 0.227 e. The van der Waals surface area contributed by atoms with Gasteiger partial charge in [0.05, 0.1) is 13.0 Å². The third-order valence-corrected chi connectivity index (χ3v) is 3.84. The summed E-state index contributed by atoms with van der Waals surface area (Å²) in [5.74, 6) is 0.196. The maximum atomic E-state index is 12.4. The van der Waals surface area contributed by atoms with Crippen LogP contribution in [0, 0.1) is 13.8 Å². The molecule has 2 rings (SSSR count).